The molecule has 3 heterocycles. The van der Waals surface area contributed by atoms with Crippen LogP contribution in [0.4, 0.5) is 5.69 Å². The number of rotatable bonds is 6. The summed E-state index contributed by atoms with van der Waals surface area (Å²) in [6.45, 7) is 3.77. The van der Waals surface area contributed by atoms with Crippen molar-refractivity contribution in [3.8, 4) is 0 Å². The van der Waals surface area contributed by atoms with Gasteiger partial charge in [0.05, 0.1) is 28.1 Å². The zero-order valence-electron chi connectivity index (χ0n) is 17.9. The van der Waals surface area contributed by atoms with Crippen molar-refractivity contribution < 1.29 is 24.2 Å². The molecule has 3 fully saturated rings. The summed E-state index contributed by atoms with van der Waals surface area (Å²) in [5.74, 6) is -2.34. The number of carbonyl (C=O) groups is 3. The van der Waals surface area contributed by atoms with Crippen LogP contribution in [0.1, 0.15) is 31.7 Å². The lowest BCUT2D eigenvalue weighted by atomic mass is 9.66. The predicted molar refractivity (Wildman–Crippen MR) is 115 cm³/mol. The number of carbonyl (C=O) groups excluding carboxylic acids is 3. The summed E-state index contributed by atoms with van der Waals surface area (Å²) in [5, 5.41) is 15.3. The zero-order valence-corrected chi connectivity index (χ0v) is 18.7. The van der Waals surface area contributed by atoms with Crippen LogP contribution in [0.2, 0.25) is 5.02 Å². The monoisotopic (exact) mass is 449 g/mol. The minimum absolute atomic E-state index is 0.114. The third-order valence-electron chi connectivity index (χ3n) is 7.08. The molecule has 0 aliphatic carbocycles. The Hall–Kier alpha value is -2.16. The number of benzene rings is 1. The number of anilines is 1. The summed E-state index contributed by atoms with van der Waals surface area (Å²) in [7, 11) is 1.54. The normalized spacial score (nSPS) is 33.5. The molecule has 8 nitrogen and oxygen atoms in total. The average molecular weight is 450 g/mol. The molecule has 31 heavy (non-hydrogen) atoms. The fraction of sp³-hybridized carbons (Fsp3) is 0.591. The lowest BCUT2D eigenvalue weighted by Crippen LogP contribution is -2.53. The van der Waals surface area contributed by atoms with Crippen LogP contribution in [0.15, 0.2) is 18.2 Å². The zero-order chi connectivity index (χ0) is 22.6. The Morgan fingerprint density at radius 3 is 2.71 bits per heavy atom. The number of hydrogen-bond donors (Lipinski definition) is 3. The number of aliphatic hydroxyl groups is 1. The van der Waals surface area contributed by atoms with Gasteiger partial charge in [-0.05, 0) is 44.7 Å². The van der Waals surface area contributed by atoms with E-state index in [1.54, 1.807) is 12.1 Å². The number of aliphatic hydroxyl groups excluding tert-OH is 1. The van der Waals surface area contributed by atoms with E-state index in [0.29, 0.717) is 30.0 Å². The topological polar surface area (TPSA) is 108 Å². The Morgan fingerprint density at radius 1 is 1.32 bits per heavy atom. The molecule has 3 aliphatic heterocycles. The Labute approximate surface area is 186 Å². The molecule has 5 atom stereocenters. The third kappa shape index (κ3) is 3.15. The van der Waals surface area contributed by atoms with Crippen LogP contribution in [0.25, 0.3) is 0 Å². The molecular formula is C22H28ClN3O5. The van der Waals surface area contributed by atoms with E-state index >= 15 is 0 Å². The first kappa shape index (κ1) is 22.0. The molecular weight excluding hydrogens is 422 g/mol. The first-order chi connectivity index (χ1) is 14.7. The van der Waals surface area contributed by atoms with Gasteiger partial charge in [-0.2, -0.15) is 0 Å². The molecule has 1 spiro atoms. The van der Waals surface area contributed by atoms with E-state index in [4.69, 9.17) is 16.3 Å². The molecule has 3 N–H and O–H groups in total. The molecule has 3 amide bonds. The minimum Gasteiger partial charge on any atom is -0.396 e. The van der Waals surface area contributed by atoms with Gasteiger partial charge in [0.1, 0.15) is 11.6 Å². The lowest BCUT2D eigenvalue weighted by molar-refractivity contribution is -0.144. The number of halogens is 1. The molecule has 1 aromatic rings. The number of ether oxygens (including phenoxy) is 1. The third-order valence-corrected chi connectivity index (χ3v) is 7.40. The van der Waals surface area contributed by atoms with Crippen molar-refractivity contribution in [2.75, 3.05) is 25.5 Å². The standard InChI is InChI=1S/C22H28ClN3O5/c1-12-6-4-7-13(23)16(12)25-19(29)17-22-9-8-21(2,31-22)14(18(28)24-3)15(22)20(30)26(17)10-5-11-27/h4,6-7,14-15,17,27H,5,8-11H2,1-3H3,(H,24,28)(H,25,29)/t14-,15+,17?,21+,22?/m1/s1. The van der Waals surface area contributed by atoms with Crippen molar-refractivity contribution >= 4 is 35.0 Å². The first-order valence-electron chi connectivity index (χ1n) is 10.6. The van der Waals surface area contributed by atoms with Crippen molar-refractivity contribution in [1.82, 2.24) is 10.2 Å². The molecule has 3 saturated heterocycles. The number of hydrogen-bond acceptors (Lipinski definition) is 5. The van der Waals surface area contributed by atoms with E-state index in [1.807, 2.05) is 19.9 Å². The van der Waals surface area contributed by atoms with Gasteiger partial charge in [0.2, 0.25) is 17.7 Å². The van der Waals surface area contributed by atoms with Crippen LogP contribution in [-0.2, 0) is 19.1 Å². The van der Waals surface area contributed by atoms with E-state index in [0.717, 1.165) is 5.56 Å². The fourth-order valence-electron chi connectivity index (χ4n) is 5.75. The second-order valence-electron chi connectivity index (χ2n) is 8.87. The average Bonchev–Trinajstić information content (AvgIpc) is 3.29. The molecule has 3 aliphatic rings. The predicted octanol–water partition coefficient (Wildman–Crippen LogP) is 1.48. The first-order valence-corrected chi connectivity index (χ1v) is 11.0. The van der Waals surface area contributed by atoms with E-state index in [-0.39, 0.29) is 25.0 Å². The van der Waals surface area contributed by atoms with Crippen LogP contribution < -0.4 is 10.6 Å². The smallest absolute Gasteiger partial charge is 0.250 e. The van der Waals surface area contributed by atoms with E-state index in [2.05, 4.69) is 10.6 Å². The Balaban J connectivity index is 1.75. The van der Waals surface area contributed by atoms with Gasteiger partial charge in [0.25, 0.3) is 0 Å². The Morgan fingerprint density at radius 2 is 2.06 bits per heavy atom. The molecule has 4 rings (SSSR count). The van der Waals surface area contributed by atoms with Gasteiger partial charge < -0.3 is 25.4 Å². The summed E-state index contributed by atoms with van der Waals surface area (Å²) in [6.07, 6.45) is 1.41. The second-order valence-corrected chi connectivity index (χ2v) is 9.28. The van der Waals surface area contributed by atoms with Crippen molar-refractivity contribution in [1.29, 1.82) is 0 Å². The largest absolute Gasteiger partial charge is 0.396 e. The number of nitrogens with zero attached hydrogens (tertiary/aromatic N) is 1. The number of fused-ring (bicyclic) bond motifs is 1. The van der Waals surface area contributed by atoms with Gasteiger partial charge in [-0.15, -0.1) is 0 Å². The van der Waals surface area contributed by atoms with Gasteiger partial charge in [-0.1, -0.05) is 23.7 Å². The van der Waals surface area contributed by atoms with E-state index < -0.39 is 35.0 Å². The summed E-state index contributed by atoms with van der Waals surface area (Å²) in [4.78, 5) is 41.4. The van der Waals surface area contributed by atoms with Gasteiger partial charge in [-0.3, -0.25) is 14.4 Å². The van der Waals surface area contributed by atoms with Crippen LogP contribution in [0, 0.1) is 18.8 Å². The molecule has 2 unspecified atom stereocenters. The number of nitrogens with one attached hydrogen (secondary N) is 2. The molecule has 0 aromatic heterocycles. The Kier molecular flexibility index (Phi) is 5.52. The van der Waals surface area contributed by atoms with Gasteiger partial charge in [-0.25, -0.2) is 0 Å². The lowest BCUT2D eigenvalue weighted by Gasteiger charge is -2.33. The SMILES string of the molecule is CNC(=O)[C@H]1[C@H]2C(=O)N(CCCO)C(C(=O)Nc3c(C)cccc3Cl)C23CC[C@]1(C)O3. The van der Waals surface area contributed by atoms with E-state index in [1.165, 1.54) is 11.9 Å². The van der Waals surface area contributed by atoms with Crippen molar-refractivity contribution in [3.63, 3.8) is 0 Å². The minimum atomic E-state index is -1.09. The van der Waals surface area contributed by atoms with Gasteiger partial charge >= 0.3 is 0 Å². The van der Waals surface area contributed by atoms with E-state index in [9.17, 15) is 19.5 Å². The highest BCUT2D eigenvalue weighted by Crippen LogP contribution is 2.63. The van der Waals surface area contributed by atoms with Crippen molar-refractivity contribution in [3.05, 3.63) is 28.8 Å². The quantitative estimate of drug-likeness (QED) is 0.609. The Bertz CT molecular complexity index is 919. The van der Waals surface area contributed by atoms with Crippen LogP contribution in [0.3, 0.4) is 0 Å². The van der Waals surface area contributed by atoms with Crippen molar-refractivity contribution in [2.45, 2.75) is 50.4 Å². The summed E-state index contributed by atoms with van der Waals surface area (Å²) in [5.41, 5.74) is -0.599. The molecule has 168 valence electrons. The highest BCUT2D eigenvalue weighted by Gasteiger charge is 2.77. The molecule has 2 bridgehead atoms. The summed E-state index contributed by atoms with van der Waals surface area (Å²) < 4.78 is 6.44. The van der Waals surface area contributed by atoms with Gasteiger partial charge in [0, 0.05) is 20.2 Å². The summed E-state index contributed by atoms with van der Waals surface area (Å²) >= 11 is 6.31. The van der Waals surface area contributed by atoms with Gasteiger partial charge in [0.15, 0.2) is 0 Å². The highest BCUT2D eigenvalue weighted by molar-refractivity contribution is 6.34. The maximum Gasteiger partial charge on any atom is 0.250 e. The second kappa shape index (κ2) is 7.76. The number of aryl methyl sites for hydroxylation is 1. The number of amides is 3. The highest BCUT2D eigenvalue weighted by atomic mass is 35.5. The summed E-state index contributed by atoms with van der Waals surface area (Å²) in [6, 6.07) is 4.41. The van der Waals surface area contributed by atoms with Crippen molar-refractivity contribution in [2.24, 2.45) is 11.8 Å². The molecule has 0 saturated carbocycles. The maximum absolute atomic E-state index is 13.6. The number of para-hydroxylation sites is 1. The maximum atomic E-state index is 13.6. The molecule has 0 radical (unpaired) electrons. The van der Waals surface area contributed by atoms with Crippen LogP contribution >= 0.6 is 11.6 Å². The van der Waals surface area contributed by atoms with Crippen LogP contribution in [0.5, 0.6) is 0 Å². The van der Waals surface area contributed by atoms with Crippen LogP contribution in [-0.4, -0.2) is 65.2 Å². The fourth-order valence-corrected chi connectivity index (χ4v) is 6.02. The molecule has 1 aromatic carbocycles. The number of likely N-dealkylation sites (tertiary alicyclic amines) is 1. The molecule has 9 heteroatoms.